The van der Waals surface area contributed by atoms with Crippen LogP contribution >= 0.6 is 0 Å². The van der Waals surface area contributed by atoms with E-state index in [0.717, 1.165) is 11.1 Å². The molecule has 0 heterocycles. The van der Waals surface area contributed by atoms with Gasteiger partial charge in [0, 0.05) is 6.92 Å². The first-order valence-electron chi connectivity index (χ1n) is 8.22. The van der Waals surface area contributed by atoms with Gasteiger partial charge in [0.15, 0.2) is 5.54 Å². The third-order valence-corrected chi connectivity index (χ3v) is 4.43. The van der Waals surface area contributed by atoms with Gasteiger partial charge in [-0.2, -0.15) is 0 Å². The van der Waals surface area contributed by atoms with Crippen LogP contribution in [0.3, 0.4) is 0 Å². The standard InChI is InChI=1S/C20H21NO5/c1-3-20(19(25)26,21-13(2)22)17(18(23)24)16-11-9-15(10-12-16)14-7-5-4-6-8-14/h4-12,17H,3H2,1-2H3,(H,21,22)(H,23,24)(H,25,26). The molecule has 6 nitrogen and oxygen atoms in total. The second-order valence-electron chi connectivity index (χ2n) is 6.07. The van der Waals surface area contributed by atoms with Crippen LogP contribution < -0.4 is 5.32 Å². The van der Waals surface area contributed by atoms with Gasteiger partial charge < -0.3 is 15.5 Å². The van der Waals surface area contributed by atoms with Crippen LogP contribution in [-0.2, 0) is 14.4 Å². The van der Waals surface area contributed by atoms with Gasteiger partial charge in [0.05, 0.1) is 0 Å². The van der Waals surface area contributed by atoms with Crippen molar-refractivity contribution < 1.29 is 24.6 Å². The smallest absolute Gasteiger partial charge is 0.330 e. The Balaban J connectivity index is 2.50. The number of carboxylic acid groups (broad SMARTS) is 2. The molecule has 0 saturated heterocycles. The lowest BCUT2D eigenvalue weighted by Crippen LogP contribution is -2.59. The molecule has 2 atom stereocenters. The number of rotatable bonds is 7. The fourth-order valence-corrected chi connectivity index (χ4v) is 3.14. The molecule has 0 aliphatic rings. The van der Waals surface area contributed by atoms with E-state index in [9.17, 15) is 24.6 Å². The molecule has 0 bridgehead atoms. The van der Waals surface area contributed by atoms with E-state index in [0.29, 0.717) is 5.56 Å². The zero-order valence-electron chi connectivity index (χ0n) is 14.6. The second kappa shape index (κ2) is 7.82. The number of carbonyl (C=O) groups is 3. The van der Waals surface area contributed by atoms with Crippen LogP contribution in [0.4, 0.5) is 0 Å². The van der Waals surface area contributed by atoms with Crippen LogP contribution in [0.1, 0.15) is 31.7 Å². The quantitative estimate of drug-likeness (QED) is 0.708. The third kappa shape index (κ3) is 3.74. The number of hydrogen-bond acceptors (Lipinski definition) is 3. The summed E-state index contributed by atoms with van der Waals surface area (Å²) in [6.45, 7) is 2.71. The summed E-state index contributed by atoms with van der Waals surface area (Å²) in [6.07, 6.45) is -0.0701. The number of aliphatic carboxylic acids is 2. The Kier molecular flexibility index (Phi) is 5.77. The Morgan fingerprint density at radius 2 is 1.50 bits per heavy atom. The predicted molar refractivity (Wildman–Crippen MR) is 96.7 cm³/mol. The van der Waals surface area contributed by atoms with Crippen molar-refractivity contribution in [2.24, 2.45) is 0 Å². The minimum atomic E-state index is -1.92. The zero-order chi connectivity index (χ0) is 19.3. The van der Waals surface area contributed by atoms with Crippen LogP contribution in [-0.4, -0.2) is 33.6 Å². The maximum Gasteiger partial charge on any atom is 0.330 e. The largest absolute Gasteiger partial charge is 0.481 e. The van der Waals surface area contributed by atoms with Gasteiger partial charge in [0.25, 0.3) is 0 Å². The van der Waals surface area contributed by atoms with Crippen molar-refractivity contribution in [3.05, 3.63) is 60.2 Å². The summed E-state index contributed by atoms with van der Waals surface area (Å²) in [5, 5.41) is 21.8. The lowest BCUT2D eigenvalue weighted by atomic mass is 9.76. The van der Waals surface area contributed by atoms with Crippen LogP contribution in [0.5, 0.6) is 0 Å². The Labute approximate surface area is 151 Å². The highest BCUT2D eigenvalue weighted by molar-refractivity contribution is 5.94. The van der Waals surface area contributed by atoms with Crippen LogP contribution in [0, 0.1) is 0 Å². The maximum atomic E-state index is 11.9. The number of amides is 1. The molecule has 0 aliphatic carbocycles. The molecule has 2 unspecified atom stereocenters. The van der Waals surface area contributed by atoms with E-state index in [1.165, 1.54) is 6.92 Å². The molecule has 2 rings (SSSR count). The summed E-state index contributed by atoms with van der Waals surface area (Å²) in [6, 6.07) is 16.2. The molecule has 1 amide bonds. The van der Waals surface area contributed by atoms with Gasteiger partial charge >= 0.3 is 11.9 Å². The molecular weight excluding hydrogens is 334 g/mol. The van der Waals surface area contributed by atoms with E-state index < -0.39 is 29.3 Å². The first kappa shape index (κ1) is 19.2. The zero-order valence-corrected chi connectivity index (χ0v) is 14.6. The number of carbonyl (C=O) groups excluding carboxylic acids is 1. The van der Waals surface area contributed by atoms with Crippen molar-refractivity contribution in [2.75, 3.05) is 0 Å². The molecule has 0 fully saturated rings. The molecular formula is C20H21NO5. The lowest BCUT2D eigenvalue weighted by Gasteiger charge is -2.34. The SMILES string of the molecule is CCC(NC(C)=O)(C(=O)O)C(C(=O)O)c1ccc(-c2ccccc2)cc1. The van der Waals surface area contributed by atoms with Crippen molar-refractivity contribution >= 4 is 17.8 Å². The van der Waals surface area contributed by atoms with Gasteiger partial charge in [0.1, 0.15) is 5.92 Å². The van der Waals surface area contributed by atoms with Crippen molar-refractivity contribution in [3.63, 3.8) is 0 Å². The molecule has 0 aromatic heterocycles. The fourth-order valence-electron chi connectivity index (χ4n) is 3.14. The number of carboxylic acids is 2. The Morgan fingerprint density at radius 3 is 1.92 bits per heavy atom. The van der Waals surface area contributed by atoms with Gasteiger partial charge in [-0.25, -0.2) is 4.79 Å². The minimum Gasteiger partial charge on any atom is -0.481 e. The first-order valence-corrected chi connectivity index (χ1v) is 8.22. The molecule has 0 spiro atoms. The third-order valence-electron chi connectivity index (χ3n) is 4.43. The topological polar surface area (TPSA) is 104 Å². The van der Waals surface area contributed by atoms with Crippen molar-refractivity contribution in [2.45, 2.75) is 31.7 Å². The Hall–Kier alpha value is -3.15. The average molecular weight is 355 g/mol. The summed E-state index contributed by atoms with van der Waals surface area (Å²) < 4.78 is 0. The van der Waals surface area contributed by atoms with Crippen molar-refractivity contribution in [1.29, 1.82) is 0 Å². The molecule has 3 N–H and O–H groups in total. The summed E-state index contributed by atoms with van der Waals surface area (Å²) in [5.74, 6) is -4.70. The summed E-state index contributed by atoms with van der Waals surface area (Å²) in [5.41, 5.74) is 0.241. The van der Waals surface area contributed by atoms with Crippen molar-refractivity contribution in [3.8, 4) is 11.1 Å². The number of hydrogen-bond donors (Lipinski definition) is 3. The highest BCUT2D eigenvalue weighted by Gasteiger charge is 2.50. The molecule has 0 saturated carbocycles. The average Bonchev–Trinajstić information content (AvgIpc) is 2.61. The Bertz CT molecular complexity index is 801. The van der Waals surface area contributed by atoms with Crippen LogP contribution in [0.2, 0.25) is 0 Å². The molecule has 2 aromatic rings. The second-order valence-corrected chi connectivity index (χ2v) is 6.07. The van der Waals surface area contributed by atoms with E-state index in [4.69, 9.17) is 0 Å². The summed E-state index contributed by atoms with van der Waals surface area (Å²) in [4.78, 5) is 35.4. The number of nitrogens with one attached hydrogen (secondary N) is 1. The lowest BCUT2D eigenvalue weighted by molar-refractivity contribution is -0.155. The van der Waals surface area contributed by atoms with E-state index >= 15 is 0 Å². The van der Waals surface area contributed by atoms with Crippen molar-refractivity contribution in [1.82, 2.24) is 5.32 Å². The number of benzene rings is 2. The molecule has 0 aliphatic heterocycles. The van der Waals surface area contributed by atoms with Gasteiger partial charge in [-0.05, 0) is 23.1 Å². The van der Waals surface area contributed by atoms with E-state index in [1.807, 2.05) is 30.3 Å². The minimum absolute atomic E-state index is 0.0701. The fraction of sp³-hybridized carbons (Fsp3) is 0.250. The summed E-state index contributed by atoms with van der Waals surface area (Å²) in [7, 11) is 0. The predicted octanol–water partition coefficient (Wildman–Crippen LogP) is 2.89. The molecule has 0 radical (unpaired) electrons. The summed E-state index contributed by atoms with van der Waals surface area (Å²) >= 11 is 0. The monoisotopic (exact) mass is 355 g/mol. The molecule has 136 valence electrons. The normalized spacial score (nSPS) is 14.1. The van der Waals surface area contributed by atoms with E-state index in [-0.39, 0.29) is 6.42 Å². The van der Waals surface area contributed by atoms with E-state index in [1.54, 1.807) is 31.2 Å². The van der Waals surface area contributed by atoms with Crippen LogP contribution in [0.15, 0.2) is 54.6 Å². The van der Waals surface area contributed by atoms with Gasteiger partial charge in [-0.1, -0.05) is 61.5 Å². The molecule has 6 heteroatoms. The first-order chi connectivity index (χ1) is 12.3. The van der Waals surface area contributed by atoms with E-state index in [2.05, 4.69) is 5.32 Å². The molecule has 2 aromatic carbocycles. The van der Waals surface area contributed by atoms with Gasteiger partial charge in [-0.3, -0.25) is 9.59 Å². The van der Waals surface area contributed by atoms with Crippen LogP contribution in [0.25, 0.3) is 11.1 Å². The highest BCUT2D eigenvalue weighted by Crippen LogP contribution is 2.33. The van der Waals surface area contributed by atoms with Gasteiger partial charge in [0.2, 0.25) is 5.91 Å². The molecule has 26 heavy (non-hydrogen) atoms. The van der Waals surface area contributed by atoms with Gasteiger partial charge in [-0.15, -0.1) is 0 Å². The maximum absolute atomic E-state index is 11.9. The Morgan fingerprint density at radius 1 is 0.962 bits per heavy atom. The highest BCUT2D eigenvalue weighted by atomic mass is 16.4.